The molecule has 0 aliphatic heterocycles. The smallest absolute Gasteiger partial charge is 0.0569 e. The van der Waals surface area contributed by atoms with E-state index >= 15 is 0 Å². The summed E-state index contributed by atoms with van der Waals surface area (Å²) >= 11 is 0. The predicted octanol–water partition coefficient (Wildman–Crippen LogP) is 3.06. The second kappa shape index (κ2) is 6.97. The van der Waals surface area contributed by atoms with Crippen molar-refractivity contribution in [2.45, 2.75) is 39.5 Å². The second-order valence-corrected chi connectivity index (χ2v) is 4.40. The van der Waals surface area contributed by atoms with Crippen molar-refractivity contribution in [3.8, 4) is 0 Å². The van der Waals surface area contributed by atoms with Crippen LogP contribution in [0.25, 0.3) is 0 Å². The van der Waals surface area contributed by atoms with Gasteiger partial charge in [0.15, 0.2) is 0 Å². The summed E-state index contributed by atoms with van der Waals surface area (Å²) in [4.78, 5) is 0. The Morgan fingerprint density at radius 1 is 1.24 bits per heavy atom. The number of nitrogens with two attached hydrogens (primary N) is 2. The summed E-state index contributed by atoms with van der Waals surface area (Å²) in [6.45, 7) is 4.24. The number of hydrazine groups is 1. The lowest BCUT2D eigenvalue weighted by Crippen LogP contribution is -2.25. The van der Waals surface area contributed by atoms with Gasteiger partial charge in [-0.15, -0.1) is 0 Å². The van der Waals surface area contributed by atoms with Gasteiger partial charge >= 0.3 is 0 Å². The fourth-order valence-corrected chi connectivity index (χ4v) is 1.61. The molecule has 1 aromatic rings. The van der Waals surface area contributed by atoms with Crippen LogP contribution in [0, 0.1) is 6.92 Å². The van der Waals surface area contributed by atoms with Gasteiger partial charge in [0, 0.05) is 11.9 Å². The van der Waals surface area contributed by atoms with Gasteiger partial charge in [0.05, 0.1) is 5.69 Å². The highest BCUT2D eigenvalue weighted by Crippen LogP contribution is 2.13. The number of nitrogens with zero attached hydrogens (tertiary/aromatic N) is 1. The molecule has 0 heterocycles. The van der Waals surface area contributed by atoms with Crippen LogP contribution in [0.3, 0.4) is 0 Å². The van der Waals surface area contributed by atoms with Gasteiger partial charge in [0.25, 0.3) is 0 Å². The van der Waals surface area contributed by atoms with E-state index in [1.54, 1.807) is 11.2 Å². The summed E-state index contributed by atoms with van der Waals surface area (Å²) in [6, 6.07) is 8.06. The lowest BCUT2D eigenvalue weighted by molar-refractivity contribution is 0.707. The molecule has 0 saturated heterocycles. The first kappa shape index (κ1) is 13.6. The van der Waals surface area contributed by atoms with E-state index in [-0.39, 0.29) is 0 Å². The molecule has 1 rings (SSSR count). The number of rotatable bonds is 6. The molecule has 0 saturated carbocycles. The SMILES string of the molecule is CCCCC/C(N)=C/N(N)c1ccc(C)cc1. The largest absolute Gasteiger partial charge is 0.401 e. The van der Waals surface area contributed by atoms with Gasteiger partial charge in [0.2, 0.25) is 0 Å². The minimum absolute atomic E-state index is 0.835. The van der Waals surface area contributed by atoms with Crippen molar-refractivity contribution in [2.24, 2.45) is 11.6 Å². The Kier molecular flexibility index (Phi) is 5.57. The van der Waals surface area contributed by atoms with Crippen LogP contribution in [0.15, 0.2) is 36.2 Å². The normalized spacial score (nSPS) is 11.6. The van der Waals surface area contributed by atoms with Gasteiger partial charge < -0.3 is 5.73 Å². The van der Waals surface area contributed by atoms with Crippen LogP contribution in [0.1, 0.15) is 38.2 Å². The van der Waals surface area contributed by atoms with Crippen molar-refractivity contribution >= 4 is 5.69 Å². The predicted molar refractivity (Wildman–Crippen MR) is 74.3 cm³/mol. The number of hydrogen-bond acceptors (Lipinski definition) is 3. The topological polar surface area (TPSA) is 55.3 Å². The van der Waals surface area contributed by atoms with Gasteiger partial charge in [-0.25, -0.2) is 5.84 Å². The minimum Gasteiger partial charge on any atom is -0.401 e. The van der Waals surface area contributed by atoms with Gasteiger partial charge in [-0.2, -0.15) is 0 Å². The molecule has 0 spiro atoms. The average molecular weight is 233 g/mol. The zero-order chi connectivity index (χ0) is 12.7. The fourth-order valence-electron chi connectivity index (χ4n) is 1.61. The third kappa shape index (κ3) is 4.91. The van der Waals surface area contributed by atoms with E-state index < -0.39 is 0 Å². The number of allylic oxidation sites excluding steroid dienone is 1. The number of unbranched alkanes of at least 4 members (excludes halogenated alkanes) is 2. The summed E-state index contributed by atoms with van der Waals surface area (Å²) < 4.78 is 0. The van der Waals surface area contributed by atoms with Crippen molar-refractivity contribution in [3.05, 3.63) is 41.7 Å². The van der Waals surface area contributed by atoms with E-state index in [9.17, 15) is 0 Å². The van der Waals surface area contributed by atoms with E-state index in [0.717, 1.165) is 24.2 Å². The summed E-state index contributed by atoms with van der Waals surface area (Å²) in [7, 11) is 0. The number of aryl methyl sites for hydroxylation is 1. The zero-order valence-corrected chi connectivity index (χ0v) is 10.8. The van der Waals surface area contributed by atoms with Crippen molar-refractivity contribution in [3.63, 3.8) is 0 Å². The maximum atomic E-state index is 5.93. The molecule has 0 fully saturated rings. The Labute approximate surface area is 104 Å². The standard InChI is InChI=1S/C14H23N3/c1-3-4-5-6-13(15)11-17(16)14-9-7-12(2)8-10-14/h7-11H,3-6,15-16H2,1-2H3/b13-11-. The highest BCUT2D eigenvalue weighted by Gasteiger charge is 1.99. The number of hydrogen-bond donors (Lipinski definition) is 2. The Hall–Kier alpha value is -1.48. The van der Waals surface area contributed by atoms with E-state index in [1.165, 1.54) is 18.4 Å². The Bertz CT molecular complexity index is 354. The highest BCUT2D eigenvalue weighted by molar-refractivity contribution is 5.48. The van der Waals surface area contributed by atoms with Gasteiger partial charge in [0.1, 0.15) is 0 Å². The molecular weight excluding hydrogens is 210 g/mol. The summed E-state index contributed by atoms with van der Waals surface area (Å²) in [5.41, 5.74) is 8.93. The highest BCUT2D eigenvalue weighted by atomic mass is 15.4. The van der Waals surface area contributed by atoms with E-state index in [4.69, 9.17) is 11.6 Å². The molecule has 0 bridgehead atoms. The molecule has 0 atom stereocenters. The van der Waals surface area contributed by atoms with Crippen LogP contribution >= 0.6 is 0 Å². The summed E-state index contributed by atoms with van der Waals surface area (Å²) in [5.74, 6) is 5.93. The quantitative estimate of drug-likeness (QED) is 0.451. The Morgan fingerprint density at radius 3 is 2.47 bits per heavy atom. The lowest BCUT2D eigenvalue weighted by atomic mass is 10.2. The molecule has 0 radical (unpaired) electrons. The zero-order valence-electron chi connectivity index (χ0n) is 10.8. The first-order valence-electron chi connectivity index (χ1n) is 6.20. The molecule has 4 N–H and O–H groups in total. The van der Waals surface area contributed by atoms with Gasteiger partial charge in [-0.1, -0.05) is 37.5 Å². The first-order chi connectivity index (χ1) is 8.13. The third-order valence-corrected chi connectivity index (χ3v) is 2.71. The Balaban J connectivity index is 2.54. The molecule has 0 aliphatic rings. The van der Waals surface area contributed by atoms with Crippen LogP contribution in [-0.4, -0.2) is 0 Å². The molecule has 0 unspecified atom stereocenters. The van der Waals surface area contributed by atoms with Crippen molar-refractivity contribution in [2.75, 3.05) is 5.01 Å². The maximum Gasteiger partial charge on any atom is 0.0569 e. The second-order valence-electron chi connectivity index (χ2n) is 4.40. The van der Waals surface area contributed by atoms with E-state index in [1.807, 2.05) is 24.3 Å². The van der Waals surface area contributed by atoms with Crippen LogP contribution < -0.4 is 16.6 Å². The van der Waals surface area contributed by atoms with Crippen LogP contribution in [0.4, 0.5) is 5.69 Å². The monoisotopic (exact) mass is 233 g/mol. The van der Waals surface area contributed by atoms with Crippen LogP contribution in [-0.2, 0) is 0 Å². The molecule has 3 heteroatoms. The molecule has 1 aromatic carbocycles. The molecule has 0 amide bonds. The molecule has 17 heavy (non-hydrogen) atoms. The average Bonchev–Trinajstić information content (AvgIpc) is 2.30. The third-order valence-electron chi connectivity index (χ3n) is 2.71. The fraction of sp³-hybridized carbons (Fsp3) is 0.429. The summed E-state index contributed by atoms with van der Waals surface area (Å²) in [5, 5.41) is 1.58. The van der Waals surface area contributed by atoms with Crippen molar-refractivity contribution < 1.29 is 0 Å². The van der Waals surface area contributed by atoms with Crippen molar-refractivity contribution in [1.82, 2.24) is 0 Å². The Morgan fingerprint density at radius 2 is 1.88 bits per heavy atom. The molecule has 94 valence electrons. The minimum atomic E-state index is 0.835. The van der Waals surface area contributed by atoms with Gasteiger partial charge in [-0.3, -0.25) is 5.01 Å². The molecular formula is C14H23N3. The first-order valence-corrected chi connectivity index (χ1v) is 6.20. The molecule has 0 aromatic heterocycles. The van der Waals surface area contributed by atoms with E-state index in [0.29, 0.717) is 0 Å². The maximum absolute atomic E-state index is 5.93. The lowest BCUT2D eigenvalue weighted by Gasteiger charge is -2.15. The number of benzene rings is 1. The van der Waals surface area contributed by atoms with E-state index in [2.05, 4.69) is 13.8 Å². The van der Waals surface area contributed by atoms with Crippen molar-refractivity contribution in [1.29, 1.82) is 0 Å². The number of anilines is 1. The summed E-state index contributed by atoms with van der Waals surface area (Å²) in [6.07, 6.45) is 6.26. The van der Waals surface area contributed by atoms with Gasteiger partial charge in [-0.05, 0) is 31.9 Å². The van der Waals surface area contributed by atoms with Crippen LogP contribution in [0.2, 0.25) is 0 Å². The van der Waals surface area contributed by atoms with Crippen LogP contribution in [0.5, 0.6) is 0 Å². The molecule has 3 nitrogen and oxygen atoms in total. The molecule has 0 aliphatic carbocycles.